The molecule has 1 radical (unpaired) electrons. The van der Waals surface area contributed by atoms with E-state index in [1.165, 1.54) is 25.3 Å². The minimum absolute atomic E-state index is 0.172. The van der Waals surface area contributed by atoms with Gasteiger partial charge in [0.25, 0.3) is 0 Å². The van der Waals surface area contributed by atoms with Crippen LogP contribution in [-0.2, 0) is 9.84 Å². The molecule has 1 aromatic carbocycles. The molecule has 0 aliphatic carbocycles. The molecular formula is C9H12NO3S. The fraction of sp³-hybridized carbons (Fsp3) is 0.222. The highest BCUT2D eigenvalue weighted by Crippen LogP contribution is 2.24. The van der Waals surface area contributed by atoms with Crippen molar-refractivity contribution in [2.45, 2.75) is 4.90 Å². The van der Waals surface area contributed by atoms with E-state index in [0.717, 1.165) is 0 Å². The predicted octanol–water partition coefficient (Wildman–Crippen LogP) is 0.885. The van der Waals surface area contributed by atoms with E-state index in [9.17, 15) is 8.42 Å². The molecule has 0 unspecified atom stereocenters. The third-order valence-electron chi connectivity index (χ3n) is 1.83. The SMILES string of the molecule is [CH2]CS(=O)(=O)c1ccc(OC)c(N)c1. The van der Waals surface area contributed by atoms with Crippen molar-refractivity contribution in [1.29, 1.82) is 0 Å². The van der Waals surface area contributed by atoms with E-state index in [4.69, 9.17) is 10.5 Å². The van der Waals surface area contributed by atoms with Gasteiger partial charge in [0.1, 0.15) is 5.75 Å². The Morgan fingerprint density at radius 1 is 1.50 bits per heavy atom. The lowest BCUT2D eigenvalue weighted by atomic mass is 10.3. The van der Waals surface area contributed by atoms with Crippen LogP contribution in [0.3, 0.4) is 0 Å². The van der Waals surface area contributed by atoms with Crippen molar-refractivity contribution in [3.05, 3.63) is 25.1 Å². The Hall–Kier alpha value is -1.23. The first-order chi connectivity index (χ1) is 6.51. The Labute approximate surface area is 83.6 Å². The second kappa shape index (κ2) is 3.88. The van der Waals surface area contributed by atoms with Crippen LogP contribution in [0.25, 0.3) is 0 Å². The Morgan fingerprint density at radius 2 is 2.14 bits per heavy atom. The summed E-state index contributed by atoms with van der Waals surface area (Å²) in [5, 5.41) is 0. The van der Waals surface area contributed by atoms with Crippen molar-refractivity contribution in [1.82, 2.24) is 0 Å². The number of sulfone groups is 1. The van der Waals surface area contributed by atoms with Crippen LogP contribution >= 0.6 is 0 Å². The summed E-state index contributed by atoms with van der Waals surface area (Å²) in [5.41, 5.74) is 5.88. The zero-order valence-electron chi connectivity index (χ0n) is 7.86. The monoisotopic (exact) mass is 214 g/mol. The lowest BCUT2D eigenvalue weighted by Gasteiger charge is -2.06. The van der Waals surface area contributed by atoms with Crippen LogP contribution in [0.4, 0.5) is 5.69 Å². The van der Waals surface area contributed by atoms with E-state index in [1.807, 2.05) is 0 Å². The molecule has 4 nitrogen and oxygen atoms in total. The van der Waals surface area contributed by atoms with Crippen LogP contribution in [0.1, 0.15) is 0 Å². The molecule has 0 amide bonds. The number of methoxy groups -OCH3 is 1. The molecule has 0 aliphatic rings. The number of rotatable bonds is 3. The fourth-order valence-corrected chi connectivity index (χ4v) is 1.84. The fourth-order valence-electron chi connectivity index (χ4n) is 1.02. The minimum atomic E-state index is -3.29. The topological polar surface area (TPSA) is 69.4 Å². The first-order valence-corrected chi connectivity index (χ1v) is 5.62. The Kier molecular flexibility index (Phi) is 3.00. The van der Waals surface area contributed by atoms with Gasteiger partial charge in [-0.1, -0.05) is 0 Å². The molecule has 0 fully saturated rings. The van der Waals surface area contributed by atoms with Gasteiger partial charge in [-0.2, -0.15) is 0 Å². The van der Waals surface area contributed by atoms with Gasteiger partial charge in [0.05, 0.1) is 23.4 Å². The predicted molar refractivity (Wildman–Crippen MR) is 54.8 cm³/mol. The highest BCUT2D eigenvalue weighted by molar-refractivity contribution is 7.91. The van der Waals surface area contributed by atoms with Gasteiger partial charge < -0.3 is 10.5 Å². The van der Waals surface area contributed by atoms with E-state index in [-0.39, 0.29) is 10.6 Å². The number of nitrogens with two attached hydrogens (primary N) is 1. The molecule has 0 saturated heterocycles. The Balaban J connectivity index is 3.22. The summed E-state index contributed by atoms with van der Waals surface area (Å²) in [6.45, 7) is 3.35. The van der Waals surface area contributed by atoms with E-state index in [0.29, 0.717) is 11.4 Å². The molecule has 1 rings (SSSR count). The number of anilines is 1. The molecule has 1 aromatic rings. The lowest BCUT2D eigenvalue weighted by molar-refractivity contribution is 0.416. The van der Waals surface area contributed by atoms with Crippen LogP contribution < -0.4 is 10.5 Å². The van der Waals surface area contributed by atoms with E-state index in [1.54, 1.807) is 0 Å². The largest absolute Gasteiger partial charge is 0.495 e. The standard InChI is InChI=1S/C9H12NO3S/c1-3-14(11,12)7-4-5-9(13-2)8(10)6-7/h4-6H,1,3,10H2,2H3. The van der Waals surface area contributed by atoms with E-state index in [2.05, 4.69) is 6.92 Å². The third-order valence-corrected chi connectivity index (χ3v) is 3.34. The van der Waals surface area contributed by atoms with Crippen molar-refractivity contribution in [3.63, 3.8) is 0 Å². The summed E-state index contributed by atoms with van der Waals surface area (Å²) in [4.78, 5) is 0.172. The average molecular weight is 214 g/mol. The molecule has 0 aliphatic heterocycles. The van der Waals surface area contributed by atoms with Gasteiger partial charge in [0.2, 0.25) is 0 Å². The normalized spacial score (nSPS) is 11.3. The van der Waals surface area contributed by atoms with Crippen molar-refractivity contribution >= 4 is 15.5 Å². The molecule has 0 heterocycles. The smallest absolute Gasteiger partial charge is 0.178 e. The molecule has 0 spiro atoms. The van der Waals surface area contributed by atoms with Gasteiger partial charge in [-0.15, -0.1) is 0 Å². The molecule has 77 valence electrons. The molecule has 0 aromatic heterocycles. The summed E-state index contributed by atoms with van der Waals surface area (Å²) in [6.07, 6.45) is 0. The molecule has 0 bridgehead atoms. The molecule has 5 heteroatoms. The van der Waals surface area contributed by atoms with Gasteiger partial charge in [0.15, 0.2) is 9.84 Å². The molecule has 0 atom stereocenters. The number of hydrogen-bond donors (Lipinski definition) is 1. The zero-order chi connectivity index (χ0) is 10.8. The summed E-state index contributed by atoms with van der Waals surface area (Å²) in [7, 11) is -1.82. The van der Waals surface area contributed by atoms with E-state index < -0.39 is 9.84 Å². The maximum atomic E-state index is 11.4. The highest BCUT2D eigenvalue weighted by atomic mass is 32.2. The third kappa shape index (κ3) is 1.98. The van der Waals surface area contributed by atoms with Gasteiger partial charge >= 0.3 is 0 Å². The minimum Gasteiger partial charge on any atom is -0.495 e. The summed E-state index contributed by atoms with van der Waals surface area (Å²) in [5.74, 6) is 0.284. The van der Waals surface area contributed by atoms with Crippen LogP contribution in [0, 0.1) is 6.92 Å². The van der Waals surface area contributed by atoms with Crippen LogP contribution in [0.15, 0.2) is 23.1 Å². The second-order valence-corrected chi connectivity index (χ2v) is 4.83. The summed E-state index contributed by atoms with van der Waals surface area (Å²) in [6, 6.07) is 4.35. The van der Waals surface area contributed by atoms with Gasteiger partial charge in [-0.3, -0.25) is 0 Å². The average Bonchev–Trinajstić information content (AvgIpc) is 2.17. The molecular weight excluding hydrogens is 202 g/mol. The maximum Gasteiger partial charge on any atom is 0.178 e. The van der Waals surface area contributed by atoms with Crippen LogP contribution in [0.5, 0.6) is 5.75 Å². The van der Waals surface area contributed by atoms with Gasteiger partial charge in [-0.25, -0.2) is 8.42 Å². The molecule has 14 heavy (non-hydrogen) atoms. The van der Waals surface area contributed by atoms with Crippen molar-refractivity contribution in [2.75, 3.05) is 18.6 Å². The number of benzene rings is 1. The molecule has 2 N–H and O–H groups in total. The van der Waals surface area contributed by atoms with Crippen molar-refractivity contribution in [3.8, 4) is 5.75 Å². The quantitative estimate of drug-likeness (QED) is 0.758. The highest BCUT2D eigenvalue weighted by Gasteiger charge is 2.12. The number of nitrogen functional groups attached to an aromatic ring is 1. The summed E-state index contributed by atoms with van der Waals surface area (Å²) < 4.78 is 27.7. The first kappa shape index (κ1) is 10.8. The molecule has 0 saturated carbocycles. The second-order valence-electron chi connectivity index (χ2n) is 2.72. The number of ether oxygens (including phenoxy) is 1. The Bertz CT molecular complexity index is 426. The van der Waals surface area contributed by atoms with E-state index >= 15 is 0 Å². The van der Waals surface area contributed by atoms with Gasteiger partial charge in [0, 0.05) is 0 Å². The van der Waals surface area contributed by atoms with Crippen LogP contribution in [-0.4, -0.2) is 21.3 Å². The van der Waals surface area contributed by atoms with Crippen molar-refractivity contribution in [2.24, 2.45) is 0 Å². The summed E-state index contributed by atoms with van der Waals surface area (Å²) >= 11 is 0. The van der Waals surface area contributed by atoms with Crippen LogP contribution in [0.2, 0.25) is 0 Å². The Morgan fingerprint density at radius 3 is 2.57 bits per heavy atom. The van der Waals surface area contributed by atoms with Gasteiger partial charge in [-0.05, 0) is 25.1 Å². The zero-order valence-corrected chi connectivity index (χ0v) is 8.67. The lowest BCUT2D eigenvalue weighted by Crippen LogP contribution is -2.05. The van der Waals surface area contributed by atoms with Crippen molar-refractivity contribution < 1.29 is 13.2 Å². The first-order valence-electron chi connectivity index (χ1n) is 3.97. The maximum absolute atomic E-state index is 11.4. The number of hydrogen-bond acceptors (Lipinski definition) is 4.